The molecule has 26 heavy (non-hydrogen) atoms. The van der Waals surface area contributed by atoms with E-state index < -0.39 is 59.3 Å². The van der Waals surface area contributed by atoms with Crippen molar-refractivity contribution in [1.29, 1.82) is 10.5 Å². The number of halogens is 14. The zero-order valence-corrected chi connectivity index (χ0v) is 11.2. The Balaban J connectivity index is 6.97. The molecule has 0 saturated carbocycles. The fourth-order valence-corrected chi connectivity index (χ4v) is 1.24. The van der Waals surface area contributed by atoms with Crippen molar-refractivity contribution in [2.24, 2.45) is 0 Å². The van der Waals surface area contributed by atoms with Crippen LogP contribution in [0.15, 0.2) is 11.1 Å². The van der Waals surface area contributed by atoms with Gasteiger partial charge in [0, 0.05) is 0 Å². The molecule has 0 spiro atoms. The first kappa shape index (κ1) is 23.7. The summed E-state index contributed by atoms with van der Waals surface area (Å²) in [6, 6.07) is -0.905. The summed E-state index contributed by atoms with van der Waals surface area (Å²) in [5.74, 6) is -28.9. The number of allylic oxidation sites excluding steroid dienone is 2. The highest BCUT2D eigenvalue weighted by molar-refractivity contribution is 5.48. The monoisotopic (exact) mass is 414 g/mol. The first-order chi connectivity index (χ1) is 11.1. The first-order valence-corrected chi connectivity index (χ1v) is 5.34. The molecule has 2 nitrogen and oxygen atoms in total. The van der Waals surface area contributed by atoms with Gasteiger partial charge >= 0.3 is 36.0 Å². The van der Waals surface area contributed by atoms with Crippen LogP contribution < -0.4 is 0 Å². The third-order valence-electron chi connectivity index (χ3n) is 2.60. The SMILES string of the molecule is N#CC(=C(C#N)C(F)(F)C(F)(F)C(F)(F)F)C(F)(F)C(F)(F)C(F)(F)F. The van der Waals surface area contributed by atoms with E-state index in [4.69, 9.17) is 10.5 Å². The van der Waals surface area contributed by atoms with Crippen LogP contribution in [0.3, 0.4) is 0 Å². The molecule has 0 radical (unpaired) electrons. The molecule has 0 fully saturated rings. The third kappa shape index (κ3) is 3.24. The van der Waals surface area contributed by atoms with Crippen molar-refractivity contribution >= 4 is 0 Å². The van der Waals surface area contributed by atoms with Crippen molar-refractivity contribution in [2.45, 2.75) is 36.0 Å². The lowest BCUT2D eigenvalue weighted by Crippen LogP contribution is -2.56. The van der Waals surface area contributed by atoms with Gasteiger partial charge in [-0.25, -0.2) is 0 Å². The van der Waals surface area contributed by atoms with Gasteiger partial charge in [0.2, 0.25) is 0 Å². The molecule has 0 bridgehead atoms. The number of nitriles is 2. The van der Waals surface area contributed by atoms with Crippen molar-refractivity contribution < 1.29 is 61.5 Å². The summed E-state index contributed by atoms with van der Waals surface area (Å²) in [6.45, 7) is 0. The number of alkyl halides is 14. The molecule has 0 rings (SSSR count). The second-order valence-electron chi connectivity index (χ2n) is 4.27. The van der Waals surface area contributed by atoms with Crippen molar-refractivity contribution in [3.05, 3.63) is 11.1 Å². The van der Waals surface area contributed by atoms with E-state index >= 15 is 0 Å². The third-order valence-corrected chi connectivity index (χ3v) is 2.60. The topological polar surface area (TPSA) is 47.6 Å². The molecular formula is C10F14N2. The van der Waals surface area contributed by atoms with Gasteiger partial charge in [0.05, 0.1) is 0 Å². The number of hydrogen-bond acceptors (Lipinski definition) is 2. The Morgan fingerprint density at radius 2 is 0.654 bits per heavy atom. The van der Waals surface area contributed by atoms with E-state index in [-0.39, 0.29) is 0 Å². The number of nitrogens with zero attached hydrogens (tertiary/aromatic N) is 2. The highest BCUT2D eigenvalue weighted by atomic mass is 19.4. The van der Waals surface area contributed by atoms with Crippen LogP contribution in [0, 0.1) is 22.7 Å². The Bertz CT molecular complexity index is 608. The lowest BCUT2D eigenvalue weighted by molar-refractivity contribution is -0.349. The minimum atomic E-state index is -7.36. The molecule has 0 saturated heterocycles. The fraction of sp³-hybridized carbons (Fsp3) is 0.600. The normalized spacial score (nSPS) is 15.8. The lowest BCUT2D eigenvalue weighted by atomic mass is 9.91. The van der Waals surface area contributed by atoms with Crippen LogP contribution in [0.1, 0.15) is 0 Å². The number of hydrogen-bond donors (Lipinski definition) is 0. The van der Waals surface area contributed by atoms with E-state index in [0.717, 1.165) is 0 Å². The molecule has 0 N–H and O–H groups in total. The van der Waals surface area contributed by atoms with E-state index in [1.807, 2.05) is 0 Å². The van der Waals surface area contributed by atoms with Crippen molar-refractivity contribution in [3.8, 4) is 12.1 Å². The zero-order valence-electron chi connectivity index (χ0n) is 11.2. The molecule has 0 aromatic heterocycles. The van der Waals surface area contributed by atoms with E-state index in [1.165, 1.54) is 0 Å². The Morgan fingerprint density at radius 1 is 0.462 bits per heavy atom. The molecule has 0 aliphatic rings. The average molecular weight is 414 g/mol. The summed E-state index contributed by atoms with van der Waals surface area (Å²) >= 11 is 0. The smallest absolute Gasteiger partial charge is 0.193 e. The van der Waals surface area contributed by atoms with Gasteiger partial charge in [-0.1, -0.05) is 0 Å². The molecular weight excluding hydrogens is 414 g/mol. The largest absolute Gasteiger partial charge is 0.460 e. The summed E-state index contributed by atoms with van der Waals surface area (Å²) in [4.78, 5) is 0. The summed E-state index contributed by atoms with van der Waals surface area (Å²) in [7, 11) is 0. The lowest BCUT2D eigenvalue weighted by Gasteiger charge is -2.31. The molecule has 0 unspecified atom stereocenters. The van der Waals surface area contributed by atoms with Crippen molar-refractivity contribution in [1.82, 2.24) is 0 Å². The maximum atomic E-state index is 13.3. The molecule has 148 valence electrons. The Morgan fingerprint density at radius 3 is 0.769 bits per heavy atom. The highest BCUT2D eigenvalue weighted by Crippen LogP contribution is 2.54. The average Bonchev–Trinajstić information content (AvgIpc) is 2.40. The second kappa shape index (κ2) is 6.17. The molecule has 0 aliphatic heterocycles. The van der Waals surface area contributed by atoms with Crippen molar-refractivity contribution in [3.63, 3.8) is 0 Å². The van der Waals surface area contributed by atoms with Gasteiger partial charge in [-0.3, -0.25) is 0 Å². The van der Waals surface area contributed by atoms with Gasteiger partial charge in [0.1, 0.15) is 23.3 Å². The van der Waals surface area contributed by atoms with Gasteiger partial charge in [-0.2, -0.15) is 72.0 Å². The predicted molar refractivity (Wildman–Crippen MR) is 50.1 cm³/mol. The van der Waals surface area contributed by atoms with Gasteiger partial charge in [0.25, 0.3) is 0 Å². The maximum absolute atomic E-state index is 13.3. The molecule has 0 heterocycles. The minimum absolute atomic E-state index is 0.452. The maximum Gasteiger partial charge on any atom is 0.460 e. The number of rotatable bonds is 4. The Kier molecular flexibility index (Phi) is 5.63. The molecule has 16 heteroatoms. The van der Waals surface area contributed by atoms with Gasteiger partial charge in [-0.15, -0.1) is 0 Å². The van der Waals surface area contributed by atoms with Crippen molar-refractivity contribution in [2.75, 3.05) is 0 Å². The van der Waals surface area contributed by atoms with Gasteiger partial charge in [0.15, 0.2) is 0 Å². The van der Waals surface area contributed by atoms with Crippen LogP contribution in [-0.2, 0) is 0 Å². The first-order valence-electron chi connectivity index (χ1n) is 5.34. The van der Waals surface area contributed by atoms with E-state index in [9.17, 15) is 61.5 Å². The summed E-state index contributed by atoms with van der Waals surface area (Å²) in [6.07, 6.45) is -14.5. The summed E-state index contributed by atoms with van der Waals surface area (Å²) in [5.41, 5.74) is -7.81. The molecule has 0 aliphatic carbocycles. The molecule has 0 aromatic rings. The molecule has 0 atom stereocenters. The van der Waals surface area contributed by atoms with Crippen LogP contribution in [0.25, 0.3) is 0 Å². The van der Waals surface area contributed by atoms with Crippen LogP contribution in [0.4, 0.5) is 61.5 Å². The second-order valence-corrected chi connectivity index (χ2v) is 4.27. The molecule has 0 amide bonds. The quantitative estimate of drug-likeness (QED) is 0.481. The fourth-order valence-electron chi connectivity index (χ4n) is 1.24. The van der Waals surface area contributed by atoms with Crippen LogP contribution in [-0.4, -0.2) is 36.0 Å². The molecule has 0 aromatic carbocycles. The van der Waals surface area contributed by atoms with Gasteiger partial charge in [-0.05, 0) is 0 Å². The predicted octanol–water partition coefficient (Wildman–Crippen LogP) is 5.00. The summed E-state index contributed by atoms with van der Waals surface area (Å²) in [5, 5.41) is 16.2. The van der Waals surface area contributed by atoms with E-state index in [1.54, 1.807) is 0 Å². The zero-order chi connectivity index (χ0) is 21.6. The van der Waals surface area contributed by atoms with Crippen LogP contribution in [0.5, 0.6) is 0 Å². The van der Waals surface area contributed by atoms with Crippen LogP contribution in [0.2, 0.25) is 0 Å². The minimum Gasteiger partial charge on any atom is -0.193 e. The van der Waals surface area contributed by atoms with E-state index in [0.29, 0.717) is 0 Å². The van der Waals surface area contributed by atoms with E-state index in [2.05, 4.69) is 0 Å². The summed E-state index contributed by atoms with van der Waals surface area (Å²) < 4.78 is 176. The Hall–Kier alpha value is -2.26. The van der Waals surface area contributed by atoms with Gasteiger partial charge < -0.3 is 0 Å². The standard InChI is InChI=1S/C10F14N2/c11-5(12,7(15,16)9(19,20)21)3(1-25)4(2-26)6(13,14)8(17,18)10(22,23)24. The highest BCUT2D eigenvalue weighted by Gasteiger charge is 2.79. The Labute approximate surface area is 132 Å². The van der Waals surface area contributed by atoms with Crippen LogP contribution >= 0.6 is 0 Å².